The monoisotopic (exact) mass is 223 g/mol. The van der Waals surface area contributed by atoms with Crippen molar-refractivity contribution in [2.75, 3.05) is 0 Å². The molecule has 4 heteroatoms. The van der Waals surface area contributed by atoms with Gasteiger partial charge >= 0.3 is 6.00 Å². The fraction of sp³-hybridized carbons (Fsp3) is 0.143. The Morgan fingerprint density at radius 2 is 2.00 bits per heavy atom. The molecule has 1 rings (SSSR count). The summed E-state index contributed by atoms with van der Waals surface area (Å²) in [7, 11) is 0. The van der Waals surface area contributed by atoms with Crippen molar-refractivity contribution >= 4 is 39.2 Å². The van der Waals surface area contributed by atoms with Gasteiger partial charge in [-0.15, -0.1) is 33.2 Å². The van der Waals surface area contributed by atoms with E-state index in [1.807, 2.05) is 24.3 Å². The van der Waals surface area contributed by atoms with Crippen LogP contribution < -0.4 is 0 Å². The maximum absolute atomic E-state index is 5.72. The third-order valence-electron chi connectivity index (χ3n) is 1.16. The Balaban J connectivity index is 2.66. The summed E-state index contributed by atoms with van der Waals surface area (Å²) in [5.74, 6) is 0. The van der Waals surface area contributed by atoms with Crippen LogP contribution >= 0.6 is 33.2 Å². The highest BCUT2D eigenvalue weighted by atomic mass is 35.8. The van der Waals surface area contributed by atoms with Crippen LogP contribution in [0.1, 0.15) is 5.56 Å². The third kappa shape index (κ3) is 4.02. The standard InChI is InChI=1S/C7H6Cl3Si/c8-11(9,10)6-7-4-2-1-3-5-7/h1-4H,6H2. The molecule has 0 nitrogen and oxygen atoms in total. The normalized spacial score (nSPS) is 11.5. The lowest BCUT2D eigenvalue weighted by atomic mass is 10.2. The first kappa shape index (κ1) is 9.40. The van der Waals surface area contributed by atoms with Crippen molar-refractivity contribution < 1.29 is 0 Å². The maximum atomic E-state index is 5.72. The minimum absolute atomic E-state index is 0.540. The molecule has 1 radical (unpaired) electrons. The van der Waals surface area contributed by atoms with E-state index in [-0.39, 0.29) is 0 Å². The lowest BCUT2D eigenvalue weighted by Gasteiger charge is -2.05. The van der Waals surface area contributed by atoms with Gasteiger partial charge in [-0.05, 0) is 11.6 Å². The molecular weight excluding hydrogens is 219 g/mol. The van der Waals surface area contributed by atoms with Crippen molar-refractivity contribution in [2.24, 2.45) is 0 Å². The quantitative estimate of drug-likeness (QED) is 0.535. The van der Waals surface area contributed by atoms with Gasteiger partial charge in [-0.3, -0.25) is 0 Å². The Kier molecular flexibility index (Phi) is 3.25. The first-order valence-electron chi connectivity index (χ1n) is 3.10. The van der Waals surface area contributed by atoms with E-state index in [1.165, 1.54) is 0 Å². The van der Waals surface area contributed by atoms with E-state index in [0.29, 0.717) is 6.04 Å². The van der Waals surface area contributed by atoms with Crippen LogP contribution in [-0.2, 0) is 6.04 Å². The van der Waals surface area contributed by atoms with Gasteiger partial charge in [0.1, 0.15) is 0 Å². The Hall–Kier alpha value is 0.307. The Morgan fingerprint density at radius 1 is 1.27 bits per heavy atom. The first-order valence-corrected chi connectivity index (χ1v) is 8.34. The van der Waals surface area contributed by atoms with Gasteiger partial charge in [0.15, 0.2) is 0 Å². The molecule has 0 atom stereocenters. The van der Waals surface area contributed by atoms with E-state index in [4.69, 9.17) is 33.2 Å². The van der Waals surface area contributed by atoms with Crippen LogP contribution in [0.4, 0.5) is 0 Å². The van der Waals surface area contributed by atoms with E-state index in [9.17, 15) is 0 Å². The van der Waals surface area contributed by atoms with E-state index >= 15 is 0 Å². The predicted molar refractivity (Wildman–Crippen MR) is 52.3 cm³/mol. The molecule has 0 bridgehead atoms. The summed E-state index contributed by atoms with van der Waals surface area (Å²) in [6.45, 7) is 0. The number of halogens is 3. The summed E-state index contributed by atoms with van der Waals surface area (Å²) in [5.41, 5.74) is 0.971. The molecule has 0 saturated heterocycles. The van der Waals surface area contributed by atoms with Crippen molar-refractivity contribution in [1.29, 1.82) is 0 Å². The number of hydrogen-bond donors (Lipinski definition) is 0. The molecule has 0 fully saturated rings. The highest BCUT2D eigenvalue weighted by Crippen LogP contribution is 2.24. The Bertz CT molecular complexity index is 217. The van der Waals surface area contributed by atoms with E-state index in [2.05, 4.69) is 6.07 Å². The Morgan fingerprint density at radius 3 is 2.45 bits per heavy atom. The molecule has 0 saturated carbocycles. The van der Waals surface area contributed by atoms with Gasteiger partial charge in [-0.1, -0.05) is 24.3 Å². The zero-order valence-corrected chi connectivity index (χ0v) is 8.92. The zero-order chi connectivity index (χ0) is 8.32. The van der Waals surface area contributed by atoms with Crippen molar-refractivity contribution in [3.63, 3.8) is 0 Å². The molecule has 11 heavy (non-hydrogen) atoms. The highest BCUT2D eigenvalue weighted by molar-refractivity contribution is 7.64. The van der Waals surface area contributed by atoms with E-state index in [1.54, 1.807) is 0 Å². The van der Waals surface area contributed by atoms with Gasteiger partial charge in [0.2, 0.25) is 0 Å². The summed E-state index contributed by atoms with van der Waals surface area (Å²) in [6.07, 6.45) is 0. The second-order valence-corrected chi connectivity index (χ2v) is 11.3. The molecule has 0 aliphatic carbocycles. The highest BCUT2D eigenvalue weighted by Gasteiger charge is 2.24. The van der Waals surface area contributed by atoms with Crippen LogP contribution in [0.3, 0.4) is 0 Å². The summed E-state index contributed by atoms with van der Waals surface area (Å²) in [5, 5.41) is 0. The van der Waals surface area contributed by atoms with Gasteiger partial charge in [0, 0.05) is 6.04 Å². The molecule has 1 aromatic rings. The second kappa shape index (κ2) is 3.81. The van der Waals surface area contributed by atoms with Gasteiger partial charge < -0.3 is 0 Å². The molecule has 0 aliphatic rings. The number of benzene rings is 1. The maximum Gasteiger partial charge on any atom is 0.345 e. The van der Waals surface area contributed by atoms with Crippen molar-refractivity contribution in [2.45, 2.75) is 6.04 Å². The molecule has 0 amide bonds. The lowest BCUT2D eigenvalue weighted by Crippen LogP contribution is -2.13. The molecule has 0 aliphatic heterocycles. The van der Waals surface area contributed by atoms with Crippen LogP contribution in [-0.4, -0.2) is 6.00 Å². The first-order chi connectivity index (χ1) is 5.08. The van der Waals surface area contributed by atoms with Gasteiger partial charge in [0.05, 0.1) is 0 Å². The summed E-state index contributed by atoms with van der Waals surface area (Å²) in [6, 6.07) is 8.57. The minimum Gasteiger partial charge on any atom is -0.126 e. The minimum atomic E-state index is -2.51. The average Bonchev–Trinajstić information content (AvgIpc) is 1.85. The van der Waals surface area contributed by atoms with Crippen LogP contribution in [0, 0.1) is 6.07 Å². The van der Waals surface area contributed by atoms with Crippen molar-refractivity contribution in [3.05, 3.63) is 35.9 Å². The van der Waals surface area contributed by atoms with Crippen LogP contribution in [0.25, 0.3) is 0 Å². The molecule has 59 valence electrons. The topological polar surface area (TPSA) is 0 Å². The van der Waals surface area contributed by atoms with Crippen molar-refractivity contribution in [3.8, 4) is 0 Å². The lowest BCUT2D eigenvalue weighted by molar-refractivity contribution is 1.38. The fourth-order valence-corrected chi connectivity index (χ4v) is 2.70. The predicted octanol–water partition coefficient (Wildman–Crippen LogP) is 3.22. The van der Waals surface area contributed by atoms with E-state index < -0.39 is 6.00 Å². The number of hydrogen-bond acceptors (Lipinski definition) is 0. The van der Waals surface area contributed by atoms with Gasteiger partial charge in [0.25, 0.3) is 0 Å². The average molecular weight is 225 g/mol. The van der Waals surface area contributed by atoms with Crippen LogP contribution in [0.15, 0.2) is 24.3 Å². The molecule has 0 heterocycles. The molecule has 0 unspecified atom stereocenters. The molecule has 0 spiro atoms. The fourth-order valence-electron chi connectivity index (χ4n) is 0.756. The SMILES string of the molecule is Cl[Si](Cl)(Cl)Cc1[c]cccc1. The summed E-state index contributed by atoms with van der Waals surface area (Å²) < 4.78 is 0. The van der Waals surface area contributed by atoms with Gasteiger partial charge in [-0.25, -0.2) is 0 Å². The molecular formula is C7H6Cl3Si. The zero-order valence-electron chi connectivity index (χ0n) is 5.65. The molecule has 0 N–H and O–H groups in total. The van der Waals surface area contributed by atoms with Crippen molar-refractivity contribution in [1.82, 2.24) is 0 Å². The molecule has 1 aromatic carbocycles. The van der Waals surface area contributed by atoms with E-state index in [0.717, 1.165) is 5.56 Å². The smallest absolute Gasteiger partial charge is 0.126 e. The molecule has 0 aromatic heterocycles. The largest absolute Gasteiger partial charge is 0.345 e. The summed E-state index contributed by atoms with van der Waals surface area (Å²) in [4.78, 5) is 0. The Labute approximate surface area is 81.2 Å². The van der Waals surface area contributed by atoms with Crippen LogP contribution in [0.5, 0.6) is 0 Å². The van der Waals surface area contributed by atoms with Gasteiger partial charge in [-0.2, -0.15) is 0 Å². The summed E-state index contributed by atoms with van der Waals surface area (Å²) >= 11 is 17.2. The number of rotatable bonds is 2. The van der Waals surface area contributed by atoms with Crippen LogP contribution in [0.2, 0.25) is 0 Å². The third-order valence-corrected chi connectivity index (χ3v) is 3.15. The second-order valence-electron chi connectivity index (χ2n) is 2.18.